The molecule has 3 rings (SSSR count). The van der Waals surface area contributed by atoms with Gasteiger partial charge in [0, 0.05) is 23.0 Å². The van der Waals surface area contributed by atoms with Crippen LogP contribution in [0.5, 0.6) is 5.75 Å². The Bertz CT molecular complexity index is 927. The number of H-pyrrole nitrogens is 1. The summed E-state index contributed by atoms with van der Waals surface area (Å²) >= 11 is 7.72. The number of hydrogen-bond donors (Lipinski definition) is 3. The molecule has 2 aromatic carbocycles. The third kappa shape index (κ3) is 3.98. The van der Waals surface area contributed by atoms with Gasteiger partial charge >= 0.3 is 0 Å². The van der Waals surface area contributed by atoms with E-state index >= 15 is 0 Å². The number of carbonyl (C=O) groups excluding carboxylic acids is 1. The highest BCUT2D eigenvalue weighted by atomic mass is 35.5. The van der Waals surface area contributed by atoms with Gasteiger partial charge in [-0.15, -0.1) is 0 Å². The first-order chi connectivity index (χ1) is 12.6. The molecule has 3 aromatic rings. The number of nitrogens with one attached hydrogen (secondary N) is 3. The number of aryl methyl sites for hydroxylation is 1. The predicted octanol–water partition coefficient (Wildman–Crippen LogP) is 4.66. The highest BCUT2D eigenvalue weighted by Crippen LogP contribution is 2.34. The first kappa shape index (κ1) is 18.6. The van der Waals surface area contributed by atoms with Crippen LogP contribution in [-0.2, 0) is 0 Å². The highest BCUT2D eigenvalue weighted by molar-refractivity contribution is 8.00. The number of carbonyl (C=O) groups is 1. The van der Waals surface area contributed by atoms with E-state index in [1.54, 1.807) is 0 Å². The third-order valence-corrected chi connectivity index (χ3v) is 5.11. The summed E-state index contributed by atoms with van der Waals surface area (Å²) in [6.45, 7) is 3.25. The molecule has 7 heteroatoms. The predicted molar refractivity (Wildman–Crippen MR) is 109 cm³/mol. The van der Waals surface area contributed by atoms with Crippen molar-refractivity contribution in [2.45, 2.75) is 11.8 Å². The summed E-state index contributed by atoms with van der Waals surface area (Å²) in [5.74, 6) is 0.591. The van der Waals surface area contributed by atoms with Gasteiger partial charge in [0.15, 0.2) is 6.29 Å². The SMILES string of the molecule is CNCCOc1ccc(SNc2ccc(Cl)c3c(C)c[nH]c23)cc1C=O. The van der Waals surface area contributed by atoms with Crippen molar-refractivity contribution < 1.29 is 9.53 Å². The molecule has 0 aliphatic carbocycles. The van der Waals surface area contributed by atoms with Gasteiger partial charge in [0.25, 0.3) is 0 Å². The van der Waals surface area contributed by atoms with Gasteiger partial charge in [0.05, 0.1) is 21.8 Å². The van der Waals surface area contributed by atoms with Gasteiger partial charge in [-0.2, -0.15) is 0 Å². The van der Waals surface area contributed by atoms with Crippen molar-refractivity contribution in [3.8, 4) is 5.75 Å². The number of anilines is 1. The van der Waals surface area contributed by atoms with Gasteiger partial charge in [0.1, 0.15) is 12.4 Å². The zero-order valence-corrected chi connectivity index (χ0v) is 16.1. The molecule has 1 heterocycles. The van der Waals surface area contributed by atoms with Crippen LogP contribution in [0.4, 0.5) is 5.69 Å². The normalized spacial score (nSPS) is 10.9. The van der Waals surface area contributed by atoms with Crippen LogP contribution in [0.1, 0.15) is 15.9 Å². The molecule has 5 nitrogen and oxygen atoms in total. The first-order valence-corrected chi connectivity index (χ1v) is 9.39. The molecular weight excluding hydrogens is 370 g/mol. The molecule has 136 valence electrons. The molecule has 0 aliphatic heterocycles. The number of rotatable bonds is 8. The fourth-order valence-corrected chi connectivity index (χ4v) is 3.67. The Kier molecular flexibility index (Phi) is 6.08. The van der Waals surface area contributed by atoms with Gasteiger partial charge in [0.2, 0.25) is 0 Å². The minimum atomic E-state index is 0.511. The van der Waals surface area contributed by atoms with Crippen molar-refractivity contribution in [3.05, 3.63) is 52.7 Å². The molecule has 0 fully saturated rings. The maximum atomic E-state index is 11.4. The van der Waals surface area contributed by atoms with Crippen LogP contribution in [0.2, 0.25) is 5.02 Å². The number of halogens is 1. The van der Waals surface area contributed by atoms with E-state index in [0.717, 1.165) is 44.9 Å². The zero-order valence-electron chi connectivity index (χ0n) is 14.6. The standard InChI is InChI=1S/C19H20ClN3O2S/c1-12-10-22-19-16(5-4-15(20)18(12)19)23-26-14-3-6-17(13(9-14)11-24)25-8-7-21-2/h3-6,9-11,21-23H,7-8H2,1-2H3. The largest absolute Gasteiger partial charge is 0.492 e. The van der Waals surface area contributed by atoms with E-state index in [1.165, 1.54) is 11.9 Å². The lowest BCUT2D eigenvalue weighted by molar-refractivity contribution is 0.111. The summed E-state index contributed by atoms with van der Waals surface area (Å²) in [6, 6.07) is 9.37. The smallest absolute Gasteiger partial charge is 0.153 e. The lowest BCUT2D eigenvalue weighted by Gasteiger charge is -2.11. The van der Waals surface area contributed by atoms with E-state index in [1.807, 2.05) is 50.5 Å². The van der Waals surface area contributed by atoms with Crippen molar-refractivity contribution in [1.82, 2.24) is 10.3 Å². The van der Waals surface area contributed by atoms with Crippen molar-refractivity contribution >= 4 is 46.4 Å². The van der Waals surface area contributed by atoms with Crippen molar-refractivity contribution in [2.24, 2.45) is 0 Å². The minimum absolute atomic E-state index is 0.511. The fourth-order valence-electron chi connectivity index (χ4n) is 2.64. The monoisotopic (exact) mass is 389 g/mol. The summed E-state index contributed by atoms with van der Waals surface area (Å²) in [6.07, 6.45) is 2.75. The fraction of sp³-hybridized carbons (Fsp3) is 0.211. The van der Waals surface area contributed by atoms with Crippen LogP contribution in [0.3, 0.4) is 0 Å². The van der Waals surface area contributed by atoms with E-state index < -0.39 is 0 Å². The van der Waals surface area contributed by atoms with Crippen LogP contribution in [0, 0.1) is 6.92 Å². The van der Waals surface area contributed by atoms with Crippen molar-refractivity contribution in [3.63, 3.8) is 0 Å². The molecular formula is C19H20ClN3O2S. The van der Waals surface area contributed by atoms with Gasteiger partial charge in [-0.25, -0.2) is 0 Å². The molecule has 0 saturated heterocycles. The molecule has 1 aromatic heterocycles. The average molecular weight is 390 g/mol. The number of aromatic nitrogens is 1. The number of aromatic amines is 1. The second-order valence-corrected chi connectivity index (χ2v) is 7.08. The number of fused-ring (bicyclic) bond motifs is 1. The summed E-state index contributed by atoms with van der Waals surface area (Å²) in [5.41, 5.74) is 3.53. The molecule has 0 aliphatic rings. The molecule has 3 N–H and O–H groups in total. The molecule has 0 bridgehead atoms. The number of likely N-dealkylation sites (N-methyl/N-ethyl adjacent to an activating group) is 1. The Morgan fingerprint density at radius 1 is 1.31 bits per heavy atom. The first-order valence-electron chi connectivity index (χ1n) is 8.19. The van der Waals surface area contributed by atoms with E-state index in [4.69, 9.17) is 16.3 Å². The van der Waals surface area contributed by atoms with Crippen molar-refractivity contribution in [1.29, 1.82) is 0 Å². The van der Waals surface area contributed by atoms with Crippen molar-refractivity contribution in [2.75, 3.05) is 24.9 Å². The molecule has 0 atom stereocenters. The summed E-state index contributed by atoms with van der Waals surface area (Å²) in [7, 11) is 1.86. The Hall–Kier alpha value is -2.15. The maximum Gasteiger partial charge on any atom is 0.153 e. The van der Waals surface area contributed by atoms with Gasteiger partial charge < -0.3 is 19.8 Å². The lowest BCUT2D eigenvalue weighted by atomic mass is 10.2. The number of hydrogen-bond acceptors (Lipinski definition) is 5. The number of benzene rings is 2. The Morgan fingerprint density at radius 2 is 2.15 bits per heavy atom. The Balaban J connectivity index is 1.76. The van der Waals surface area contributed by atoms with E-state index in [9.17, 15) is 4.79 Å². The molecule has 0 amide bonds. The summed E-state index contributed by atoms with van der Waals surface area (Å²) in [5, 5.41) is 4.74. The van der Waals surface area contributed by atoms with Gasteiger partial charge in [-0.05, 0) is 61.8 Å². The summed E-state index contributed by atoms with van der Waals surface area (Å²) in [4.78, 5) is 15.5. The highest BCUT2D eigenvalue weighted by Gasteiger charge is 2.10. The van der Waals surface area contributed by atoms with Gasteiger partial charge in [-0.3, -0.25) is 4.79 Å². The minimum Gasteiger partial charge on any atom is -0.492 e. The molecule has 26 heavy (non-hydrogen) atoms. The van der Waals surface area contributed by atoms with Gasteiger partial charge in [-0.1, -0.05) is 11.6 Å². The second-order valence-electron chi connectivity index (χ2n) is 5.79. The molecule has 0 saturated carbocycles. The van der Waals surface area contributed by atoms with Crippen LogP contribution in [0.25, 0.3) is 10.9 Å². The average Bonchev–Trinajstić information content (AvgIpc) is 3.05. The molecule has 0 unspecified atom stereocenters. The molecule has 0 radical (unpaired) electrons. The van der Waals surface area contributed by atoms with Crippen LogP contribution >= 0.6 is 23.5 Å². The van der Waals surface area contributed by atoms with Crippen LogP contribution < -0.4 is 14.8 Å². The molecule has 0 spiro atoms. The van der Waals surface area contributed by atoms with Crippen LogP contribution in [0.15, 0.2) is 41.4 Å². The van der Waals surface area contributed by atoms with Crippen LogP contribution in [-0.4, -0.2) is 31.5 Å². The quantitative estimate of drug-likeness (QED) is 0.297. The Morgan fingerprint density at radius 3 is 2.92 bits per heavy atom. The number of aldehydes is 1. The second kappa shape index (κ2) is 8.49. The topological polar surface area (TPSA) is 66.2 Å². The third-order valence-electron chi connectivity index (χ3n) is 3.98. The van der Waals surface area contributed by atoms with E-state index in [2.05, 4.69) is 15.0 Å². The number of ether oxygens (including phenoxy) is 1. The lowest BCUT2D eigenvalue weighted by Crippen LogP contribution is -2.16. The Labute approximate surface area is 161 Å². The zero-order chi connectivity index (χ0) is 18.5. The van der Waals surface area contributed by atoms with E-state index in [0.29, 0.717) is 17.9 Å². The maximum absolute atomic E-state index is 11.4. The summed E-state index contributed by atoms with van der Waals surface area (Å²) < 4.78 is 8.94. The van der Waals surface area contributed by atoms with E-state index in [-0.39, 0.29) is 0 Å².